The van der Waals surface area contributed by atoms with Gasteiger partial charge in [-0.25, -0.2) is 0 Å². The number of hydrogen-bond acceptors (Lipinski definition) is 3. The number of amides is 1. The van der Waals surface area contributed by atoms with Crippen LogP contribution in [0.25, 0.3) is 0 Å². The van der Waals surface area contributed by atoms with Crippen molar-refractivity contribution in [3.63, 3.8) is 0 Å². The zero-order chi connectivity index (χ0) is 20.4. The minimum Gasteiger partial charge on any atom is -0.478 e. The molecular formula is C21H29F3N2O2. The summed E-state index contributed by atoms with van der Waals surface area (Å²) in [5, 5.41) is 0. The van der Waals surface area contributed by atoms with Crippen LogP contribution in [0.3, 0.4) is 0 Å². The molecule has 2 atom stereocenters. The van der Waals surface area contributed by atoms with Crippen LogP contribution in [0.2, 0.25) is 0 Å². The molecule has 1 amide bonds. The van der Waals surface area contributed by atoms with Crippen molar-refractivity contribution in [3.8, 4) is 0 Å². The highest BCUT2D eigenvalue weighted by atomic mass is 19.4. The molecule has 0 aliphatic carbocycles. The number of likely N-dealkylation sites (tertiary alicyclic amines) is 1. The lowest BCUT2D eigenvalue weighted by molar-refractivity contribution is -0.141. The highest BCUT2D eigenvalue weighted by Crippen LogP contribution is 2.46. The number of nitrogens with zero attached hydrogens (tertiary/aromatic N) is 2. The third kappa shape index (κ3) is 4.29. The van der Waals surface area contributed by atoms with Crippen molar-refractivity contribution in [3.05, 3.63) is 36.1 Å². The van der Waals surface area contributed by atoms with Crippen LogP contribution in [-0.4, -0.2) is 54.3 Å². The predicted octanol–water partition coefficient (Wildman–Crippen LogP) is 4.26. The van der Waals surface area contributed by atoms with Crippen molar-refractivity contribution in [1.29, 1.82) is 0 Å². The first-order valence-corrected chi connectivity index (χ1v) is 10.0. The Labute approximate surface area is 164 Å². The molecule has 0 saturated carbocycles. The summed E-state index contributed by atoms with van der Waals surface area (Å²) >= 11 is 0. The van der Waals surface area contributed by atoms with Gasteiger partial charge in [0.2, 0.25) is 5.91 Å². The van der Waals surface area contributed by atoms with Crippen molar-refractivity contribution in [2.24, 2.45) is 11.3 Å². The van der Waals surface area contributed by atoms with Crippen LogP contribution in [-0.2, 0) is 9.53 Å². The highest BCUT2D eigenvalue weighted by Gasteiger charge is 2.53. The van der Waals surface area contributed by atoms with Gasteiger partial charge in [-0.1, -0.05) is 26.0 Å². The second-order valence-corrected chi connectivity index (χ2v) is 8.21. The normalized spacial score (nSPS) is 33.4. The number of rotatable bonds is 4. The van der Waals surface area contributed by atoms with E-state index in [1.807, 2.05) is 0 Å². The second kappa shape index (κ2) is 8.31. The van der Waals surface area contributed by atoms with Gasteiger partial charge in [0.25, 0.3) is 0 Å². The number of fused-ring (bicyclic) bond motifs is 1. The number of carbonyl (C=O) groups excluding carboxylic acids is 1. The van der Waals surface area contributed by atoms with Gasteiger partial charge in [0.05, 0.1) is 17.3 Å². The molecule has 3 aliphatic heterocycles. The maximum Gasteiger partial charge on any atom is 0.416 e. The van der Waals surface area contributed by atoms with Gasteiger partial charge in [-0.05, 0) is 57.0 Å². The summed E-state index contributed by atoms with van der Waals surface area (Å²) < 4.78 is 44.8. The van der Waals surface area contributed by atoms with E-state index in [9.17, 15) is 18.0 Å². The van der Waals surface area contributed by atoms with Gasteiger partial charge in [0, 0.05) is 13.0 Å². The topological polar surface area (TPSA) is 32.8 Å². The molecule has 3 aliphatic rings. The van der Waals surface area contributed by atoms with Gasteiger partial charge in [-0.2, -0.15) is 13.2 Å². The van der Waals surface area contributed by atoms with Crippen LogP contribution in [0.1, 0.15) is 39.5 Å². The molecule has 7 heteroatoms. The summed E-state index contributed by atoms with van der Waals surface area (Å²) in [6.07, 6.45) is 4.78. The van der Waals surface area contributed by atoms with E-state index in [1.165, 1.54) is 31.3 Å². The molecule has 3 heterocycles. The number of carbonyl (C=O) groups is 1. The first-order chi connectivity index (χ1) is 13.2. The van der Waals surface area contributed by atoms with Gasteiger partial charge in [0.1, 0.15) is 0 Å². The van der Waals surface area contributed by atoms with Gasteiger partial charge in [0.15, 0.2) is 6.23 Å². The number of alkyl halides is 3. The largest absolute Gasteiger partial charge is 0.478 e. The maximum atomic E-state index is 13.4. The van der Waals surface area contributed by atoms with Crippen LogP contribution in [0, 0.1) is 11.3 Å². The van der Waals surface area contributed by atoms with Gasteiger partial charge < -0.3 is 14.5 Å². The van der Waals surface area contributed by atoms with Gasteiger partial charge >= 0.3 is 6.18 Å². The molecule has 0 bridgehead atoms. The van der Waals surface area contributed by atoms with E-state index < -0.39 is 23.4 Å². The molecule has 2 saturated heterocycles. The second-order valence-electron chi connectivity index (χ2n) is 8.21. The fourth-order valence-electron chi connectivity index (χ4n) is 4.41. The van der Waals surface area contributed by atoms with Crippen molar-refractivity contribution >= 4 is 5.91 Å². The van der Waals surface area contributed by atoms with E-state index >= 15 is 0 Å². The first-order valence-electron chi connectivity index (χ1n) is 10.0. The molecule has 0 aromatic heterocycles. The lowest BCUT2D eigenvalue weighted by Gasteiger charge is -2.32. The Bertz CT molecular complexity index is 663. The Balaban J connectivity index is 1.79. The number of halogens is 3. The maximum absolute atomic E-state index is 13.4. The Morgan fingerprint density at radius 3 is 2.64 bits per heavy atom. The standard InChI is InChI=1S/C21H29F3N2O2/c1-16(2)20(9-13-25-10-3-4-11-25)15-18-26(19(20)27)12-5-7-17(21(22,23)24)8-6-14-28-18/h5-8,14,16,18H,3-4,9-13,15H2,1-2H3/b7-5+,14-6+,17-8+. The molecule has 3 rings (SSSR count). The molecule has 28 heavy (non-hydrogen) atoms. The number of allylic oxidation sites excluding steroid dienone is 4. The zero-order valence-electron chi connectivity index (χ0n) is 16.5. The molecule has 2 fully saturated rings. The van der Waals surface area contributed by atoms with E-state index in [0.29, 0.717) is 6.42 Å². The van der Waals surface area contributed by atoms with E-state index in [4.69, 9.17) is 4.74 Å². The van der Waals surface area contributed by atoms with Crippen LogP contribution in [0.5, 0.6) is 0 Å². The Morgan fingerprint density at radius 2 is 2.00 bits per heavy atom. The average Bonchev–Trinajstić information content (AvgIpc) is 3.23. The third-order valence-electron chi connectivity index (χ3n) is 6.27. The smallest absolute Gasteiger partial charge is 0.416 e. The van der Waals surface area contributed by atoms with Gasteiger partial charge in [-0.3, -0.25) is 4.79 Å². The first kappa shape index (κ1) is 21.0. The quantitative estimate of drug-likeness (QED) is 0.709. The third-order valence-corrected chi connectivity index (χ3v) is 6.27. The summed E-state index contributed by atoms with van der Waals surface area (Å²) in [5.74, 6) is 0.114. The zero-order valence-corrected chi connectivity index (χ0v) is 16.5. The SMILES string of the molecule is CC(C)C1(CCN2CCCC2)CC2O/C=C/C=C(C(F)(F)F)\C=C\CN2C1=O. The van der Waals surface area contributed by atoms with Crippen LogP contribution in [0.4, 0.5) is 13.2 Å². The summed E-state index contributed by atoms with van der Waals surface area (Å²) in [4.78, 5) is 17.4. The molecule has 0 spiro atoms. The Morgan fingerprint density at radius 1 is 1.29 bits per heavy atom. The van der Waals surface area contributed by atoms with Crippen LogP contribution in [0.15, 0.2) is 36.1 Å². The summed E-state index contributed by atoms with van der Waals surface area (Å²) in [5.41, 5.74) is -1.30. The van der Waals surface area contributed by atoms with Crippen molar-refractivity contribution in [2.75, 3.05) is 26.2 Å². The summed E-state index contributed by atoms with van der Waals surface area (Å²) in [6.45, 7) is 7.23. The Kier molecular flexibility index (Phi) is 6.22. The minimum absolute atomic E-state index is 0.0112. The average molecular weight is 398 g/mol. The van der Waals surface area contributed by atoms with E-state index in [-0.39, 0.29) is 18.4 Å². The molecular weight excluding hydrogens is 369 g/mol. The van der Waals surface area contributed by atoms with Crippen molar-refractivity contribution in [2.45, 2.75) is 51.9 Å². The summed E-state index contributed by atoms with van der Waals surface area (Å²) in [7, 11) is 0. The van der Waals surface area contributed by atoms with E-state index in [0.717, 1.165) is 38.2 Å². The fraction of sp³-hybridized carbons (Fsp3) is 0.667. The fourth-order valence-corrected chi connectivity index (χ4v) is 4.41. The monoisotopic (exact) mass is 398 g/mol. The predicted molar refractivity (Wildman–Crippen MR) is 101 cm³/mol. The molecule has 156 valence electrons. The van der Waals surface area contributed by atoms with Crippen LogP contribution >= 0.6 is 0 Å². The lowest BCUT2D eigenvalue weighted by atomic mass is 9.73. The van der Waals surface area contributed by atoms with Crippen molar-refractivity contribution in [1.82, 2.24) is 9.80 Å². The highest BCUT2D eigenvalue weighted by molar-refractivity contribution is 5.85. The minimum atomic E-state index is -4.44. The molecule has 0 aromatic carbocycles. The summed E-state index contributed by atoms with van der Waals surface area (Å²) in [6, 6.07) is 0. The number of ether oxygens (including phenoxy) is 1. The van der Waals surface area contributed by atoms with Crippen LogP contribution < -0.4 is 0 Å². The van der Waals surface area contributed by atoms with Crippen molar-refractivity contribution < 1.29 is 22.7 Å². The lowest BCUT2D eigenvalue weighted by Crippen LogP contribution is -2.41. The molecule has 0 aromatic rings. The van der Waals surface area contributed by atoms with E-state index in [1.54, 1.807) is 4.90 Å². The molecule has 0 N–H and O–H groups in total. The van der Waals surface area contributed by atoms with E-state index in [2.05, 4.69) is 18.7 Å². The molecule has 4 nitrogen and oxygen atoms in total. The Hall–Kier alpha value is -1.76. The number of hydrogen-bond donors (Lipinski definition) is 0. The molecule has 2 unspecified atom stereocenters. The molecule has 0 radical (unpaired) electrons. The van der Waals surface area contributed by atoms with Gasteiger partial charge in [-0.15, -0.1) is 0 Å².